The molecule has 2 rings (SSSR count). The second kappa shape index (κ2) is 10.1. The highest BCUT2D eigenvalue weighted by atomic mass is 16.2. The highest BCUT2D eigenvalue weighted by Crippen LogP contribution is 2.14. The van der Waals surface area contributed by atoms with Crippen LogP contribution < -0.4 is 10.6 Å². The molecule has 0 aliphatic rings. The van der Waals surface area contributed by atoms with E-state index in [1.165, 1.54) is 0 Å². The number of carbonyl (C=O) groups excluding carboxylic acids is 2. The number of nitrogens with one attached hydrogen (secondary N) is 2. The first-order chi connectivity index (χ1) is 13.6. The molecule has 0 fully saturated rings. The van der Waals surface area contributed by atoms with Crippen molar-refractivity contribution in [3.8, 4) is 0 Å². The van der Waals surface area contributed by atoms with Crippen LogP contribution in [0.15, 0.2) is 54.6 Å². The molecule has 2 aromatic carbocycles. The van der Waals surface area contributed by atoms with E-state index >= 15 is 0 Å². The van der Waals surface area contributed by atoms with E-state index in [1.807, 2.05) is 70.1 Å². The van der Waals surface area contributed by atoms with Crippen molar-refractivity contribution in [1.82, 2.24) is 15.1 Å². The summed E-state index contributed by atoms with van der Waals surface area (Å²) in [5.74, 6) is -0.164. The van der Waals surface area contributed by atoms with E-state index in [9.17, 15) is 9.59 Å². The molecule has 29 heavy (non-hydrogen) atoms. The van der Waals surface area contributed by atoms with Crippen LogP contribution in [-0.4, -0.2) is 54.5 Å². The van der Waals surface area contributed by atoms with E-state index in [0.717, 1.165) is 12.1 Å². The van der Waals surface area contributed by atoms with Crippen molar-refractivity contribution in [1.29, 1.82) is 0 Å². The lowest BCUT2D eigenvalue weighted by molar-refractivity contribution is 0.0919. The summed E-state index contributed by atoms with van der Waals surface area (Å²) in [4.78, 5) is 29.2. The van der Waals surface area contributed by atoms with Crippen molar-refractivity contribution in [3.05, 3.63) is 65.7 Å². The zero-order valence-electron chi connectivity index (χ0n) is 18.0. The van der Waals surface area contributed by atoms with Crippen LogP contribution in [0.4, 0.5) is 10.5 Å². The van der Waals surface area contributed by atoms with E-state index in [1.54, 1.807) is 29.2 Å². The van der Waals surface area contributed by atoms with E-state index in [2.05, 4.69) is 10.6 Å². The summed E-state index contributed by atoms with van der Waals surface area (Å²) in [6, 6.07) is 16.7. The van der Waals surface area contributed by atoms with E-state index in [-0.39, 0.29) is 17.5 Å². The first-order valence-electron chi connectivity index (χ1n) is 9.81. The van der Waals surface area contributed by atoms with Gasteiger partial charge in [-0.3, -0.25) is 4.79 Å². The van der Waals surface area contributed by atoms with Crippen LogP contribution in [0.1, 0.15) is 36.7 Å². The van der Waals surface area contributed by atoms with Gasteiger partial charge in [0.1, 0.15) is 0 Å². The average Bonchev–Trinajstić information content (AvgIpc) is 2.64. The number of urea groups is 1. The van der Waals surface area contributed by atoms with Gasteiger partial charge in [0.05, 0.1) is 0 Å². The molecule has 6 heteroatoms. The van der Waals surface area contributed by atoms with Gasteiger partial charge >= 0.3 is 6.03 Å². The fraction of sp³-hybridized carbons (Fsp3) is 0.391. The van der Waals surface area contributed by atoms with E-state index in [4.69, 9.17) is 0 Å². The van der Waals surface area contributed by atoms with Gasteiger partial charge in [0.2, 0.25) is 0 Å². The smallest absolute Gasteiger partial charge is 0.322 e. The van der Waals surface area contributed by atoms with Crippen LogP contribution in [0.5, 0.6) is 0 Å². The lowest BCUT2D eigenvalue weighted by atomic mass is 10.1. The molecule has 3 amide bonds. The predicted molar refractivity (Wildman–Crippen MR) is 118 cm³/mol. The number of hydrogen-bond donors (Lipinski definition) is 2. The molecule has 0 atom stereocenters. The summed E-state index contributed by atoms with van der Waals surface area (Å²) in [5, 5.41) is 5.87. The number of rotatable bonds is 7. The quantitative estimate of drug-likeness (QED) is 0.748. The average molecular weight is 397 g/mol. The SMILES string of the molecule is CN(C)CCN(Cc1ccccc1)C(=O)Nc1cccc(C(=O)NC(C)(C)C)c1. The summed E-state index contributed by atoms with van der Waals surface area (Å²) in [6.07, 6.45) is 0. The topological polar surface area (TPSA) is 64.7 Å². The zero-order valence-corrected chi connectivity index (χ0v) is 18.0. The van der Waals surface area contributed by atoms with E-state index < -0.39 is 0 Å². The molecule has 0 saturated carbocycles. The van der Waals surface area contributed by atoms with Crippen LogP contribution >= 0.6 is 0 Å². The zero-order chi connectivity index (χ0) is 21.4. The molecular formula is C23H32N4O2. The third-order valence-electron chi connectivity index (χ3n) is 4.19. The van der Waals surface area contributed by atoms with Crippen molar-refractivity contribution in [3.63, 3.8) is 0 Å². The van der Waals surface area contributed by atoms with Crippen LogP contribution in [0.3, 0.4) is 0 Å². The van der Waals surface area contributed by atoms with Crippen LogP contribution in [-0.2, 0) is 6.54 Å². The van der Waals surface area contributed by atoms with Crippen LogP contribution in [0.2, 0.25) is 0 Å². The summed E-state index contributed by atoms with van der Waals surface area (Å²) in [5.41, 5.74) is 1.86. The highest BCUT2D eigenvalue weighted by molar-refractivity contribution is 5.97. The van der Waals surface area contributed by atoms with Crippen LogP contribution in [0, 0.1) is 0 Å². The number of hydrogen-bond acceptors (Lipinski definition) is 3. The molecule has 0 aliphatic carbocycles. The van der Waals surface area contributed by atoms with Gasteiger partial charge in [0, 0.05) is 36.4 Å². The van der Waals surface area contributed by atoms with Crippen molar-refractivity contribution < 1.29 is 9.59 Å². The maximum Gasteiger partial charge on any atom is 0.322 e. The standard InChI is InChI=1S/C23H32N4O2/c1-23(2,3)25-21(28)19-12-9-13-20(16-19)24-22(29)27(15-14-26(4)5)17-18-10-7-6-8-11-18/h6-13,16H,14-15,17H2,1-5H3,(H,24,29)(H,25,28). The fourth-order valence-electron chi connectivity index (χ4n) is 2.73. The molecule has 0 spiro atoms. The normalized spacial score (nSPS) is 11.2. The van der Waals surface area contributed by atoms with Gasteiger partial charge in [-0.15, -0.1) is 0 Å². The number of amides is 3. The Morgan fingerprint density at radius 2 is 1.62 bits per heavy atom. The Labute approximate surface area is 173 Å². The van der Waals surface area contributed by atoms with Crippen molar-refractivity contribution >= 4 is 17.6 Å². The minimum atomic E-state index is -0.324. The van der Waals surface area contributed by atoms with E-state index in [0.29, 0.717) is 24.3 Å². The maximum atomic E-state index is 12.9. The Morgan fingerprint density at radius 3 is 2.24 bits per heavy atom. The number of likely N-dealkylation sites (N-methyl/N-ethyl adjacent to an activating group) is 1. The van der Waals surface area contributed by atoms with Gasteiger partial charge in [-0.2, -0.15) is 0 Å². The number of anilines is 1. The van der Waals surface area contributed by atoms with Crippen molar-refractivity contribution in [2.75, 3.05) is 32.5 Å². The fourth-order valence-corrected chi connectivity index (χ4v) is 2.73. The Bertz CT molecular complexity index is 813. The molecule has 2 aromatic rings. The maximum absolute atomic E-state index is 12.9. The molecule has 2 N–H and O–H groups in total. The third kappa shape index (κ3) is 7.95. The molecule has 156 valence electrons. The Kier molecular flexibility index (Phi) is 7.79. The largest absolute Gasteiger partial charge is 0.347 e. The molecule has 0 bridgehead atoms. The lowest BCUT2D eigenvalue weighted by Crippen LogP contribution is -2.40. The summed E-state index contributed by atoms with van der Waals surface area (Å²) < 4.78 is 0. The van der Waals surface area contributed by atoms with Gasteiger partial charge in [-0.05, 0) is 58.6 Å². The first kappa shape index (κ1) is 22.4. The summed E-state index contributed by atoms with van der Waals surface area (Å²) >= 11 is 0. The minimum absolute atomic E-state index is 0.164. The number of nitrogens with zero attached hydrogens (tertiary/aromatic N) is 2. The molecule has 0 aliphatic heterocycles. The monoisotopic (exact) mass is 396 g/mol. The molecule has 0 saturated heterocycles. The molecule has 0 unspecified atom stereocenters. The van der Waals surface area contributed by atoms with Crippen molar-refractivity contribution in [2.45, 2.75) is 32.9 Å². The van der Waals surface area contributed by atoms with Gasteiger partial charge in [-0.25, -0.2) is 4.79 Å². The molecule has 6 nitrogen and oxygen atoms in total. The lowest BCUT2D eigenvalue weighted by Gasteiger charge is -2.25. The second-order valence-electron chi connectivity index (χ2n) is 8.43. The Balaban J connectivity index is 2.11. The van der Waals surface area contributed by atoms with Gasteiger partial charge in [0.25, 0.3) is 5.91 Å². The Morgan fingerprint density at radius 1 is 0.931 bits per heavy atom. The third-order valence-corrected chi connectivity index (χ3v) is 4.19. The first-order valence-corrected chi connectivity index (χ1v) is 9.81. The molecule has 0 aromatic heterocycles. The number of carbonyl (C=O) groups is 2. The molecule has 0 heterocycles. The van der Waals surface area contributed by atoms with Crippen molar-refractivity contribution in [2.24, 2.45) is 0 Å². The minimum Gasteiger partial charge on any atom is -0.347 e. The van der Waals surface area contributed by atoms with Gasteiger partial charge in [-0.1, -0.05) is 36.4 Å². The van der Waals surface area contributed by atoms with Gasteiger partial charge < -0.3 is 20.4 Å². The predicted octanol–water partition coefficient (Wildman–Crippen LogP) is 3.81. The highest BCUT2D eigenvalue weighted by Gasteiger charge is 2.17. The second-order valence-corrected chi connectivity index (χ2v) is 8.43. The molecular weight excluding hydrogens is 364 g/mol. The van der Waals surface area contributed by atoms with Crippen LogP contribution in [0.25, 0.3) is 0 Å². The molecule has 0 radical (unpaired) electrons. The number of benzene rings is 2. The summed E-state index contributed by atoms with van der Waals surface area (Å²) in [6.45, 7) is 7.67. The van der Waals surface area contributed by atoms with Gasteiger partial charge in [0.15, 0.2) is 0 Å². The Hall–Kier alpha value is -2.86. The summed E-state index contributed by atoms with van der Waals surface area (Å²) in [7, 11) is 3.96.